The van der Waals surface area contributed by atoms with E-state index in [0.717, 1.165) is 37.2 Å². The molecule has 2 saturated heterocycles. The fourth-order valence-electron chi connectivity index (χ4n) is 3.92. The number of nitrogens with zero attached hydrogens (tertiary/aromatic N) is 2. The average Bonchev–Trinajstić information content (AvgIpc) is 3.04. The summed E-state index contributed by atoms with van der Waals surface area (Å²) < 4.78 is 5.18. The summed E-state index contributed by atoms with van der Waals surface area (Å²) in [5, 5.41) is 3.12. The minimum absolute atomic E-state index is 0.0851. The number of benzene rings is 1. The molecule has 2 aliphatic rings. The first-order valence-electron chi connectivity index (χ1n) is 9.66. The molecule has 2 heterocycles. The molecule has 0 radical (unpaired) electrons. The Morgan fingerprint density at radius 3 is 2.52 bits per heavy atom. The van der Waals surface area contributed by atoms with E-state index >= 15 is 0 Å². The molecule has 138 valence electrons. The van der Waals surface area contributed by atoms with Crippen molar-refractivity contribution in [3.63, 3.8) is 0 Å². The lowest BCUT2D eigenvalue weighted by Crippen LogP contribution is -2.49. The number of carbonyl (C=O) groups is 1. The van der Waals surface area contributed by atoms with Crippen LogP contribution in [0.3, 0.4) is 0 Å². The zero-order valence-electron chi connectivity index (χ0n) is 15.4. The predicted molar refractivity (Wildman–Crippen MR) is 99.9 cm³/mol. The van der Waals surface area contributed by atoms with Crippen LogP contribution in [0.15, 0.2) is 24.3 Å². The Bertz CT molecular complexity index is 540. The third-order valence-electron chi connectivity index (χ3n) is 5.41. The maximum atomic E-state index is 12.8. The molecule has 2 fully saturated rings. The van der Waals surface area contributed by atoms with Crippen molar-refractivity contribution in [1.29, 1.82) is 0 Å². The summed E-state index contributed by atoms with van der Waals surface area (Å²) in [7, 11) is 1.66. The van der Waals surface area contributed by atoms with Gasteiger partial charge in [0.15, 0.2) is 0 Å². The molecule has 0 spiro atoms. The molecule has 0 aliphatic carbocycles. The van der Waals surface area contributed by atoms with Crippen LogP contribution in [-0.4, -0.2) is 55.2 Å². The van der Waals surface area contributed by atoms with E-state index in [4.69, 9.17) is 4.74 Å². The molecule has 3 rings (SSSR count). The van der Waals surface area contributed by atoms with Gasteiger partial charge in [-0.25, -0.2) is 4.79 Å². The number of ether oxygens (including phenoxy) is 1. The summed E-state index contributed by atoms with van der Waals surface area (Å²) in [6.07, 6.45) is 7.32. The first-order valence-corrected chi connectivity index (χ1v) is 9.66. The van der Waals surface area contributed by atoms with E-state index in [0.29, 0.717) is 12.6 Å². The second-order valence-corrected chi connectivity index (χ2v) is 7.21. The molecule has 25 heavy (non-hydrogen) atoms. The van der Waals surface area contributed by atoms with Crippen LogP contribution in [0.1, 0.15) is 44.1 Å². The molecule has 1 aromatic rings. The molecule has 2 amide bonds. The monoisotopic (exact) mass is 345 g/mol. The van der Waals surface area contributed by atoms with Gasteiger partial charge in [0.1, 0.15) is 5.75 Å². The Morgan fingerprint density at radius 1 is 1.08 bits per heavy atom. The molecule has 1 aromatic carbocycles. The van der Waals surface area contributed by atoms with Crippen LogP contribution >= 0.6 is 0 Å². The van der Waals surface area contributed by atoms with Gasteiger partial charge in [-0.05, 0) is 56.5 Å². The molecular weight excluding hydrogens is 314 g/mol. The van der Waals surface area contributed by atoms with Crippen LogP contribution in [0.4, 0.5) is 4.79 Å². The quantitative estimate of drug-likeness (QED) is 0.891. The molecular formula is C20H31N3O2. The fourth-order valence-corrected chi connectivity index (χ4v) is 3.92. The molecule has 1 atom stereocenters. The van der Waals surface area contributed by atoms with Crippen LogP contribution in [0.2, 0.25) is 0 Å². The van der Waals surface area contributed by atoms with Crippen LogP contribution in [0.5, 0.6) is 5.75 Å². The second-order valence-electron chi connectivity index (χ2n) is 7.21. The maximum absolute atomic E-state index is 12.8. The lowest BCUT2D eigenvalue weighted by molar-refractivity contribution is 0.153. The van der Waals surface area contributed by atoms with Crippen molar-refractivity contribution in [3.8, 4) is 5.75 Å². The number of nitrogens with one attached hydrogen (secondary N) is 1. The highest BCUT2D eigenvalue weighted by atomic mass is 16.5. The van der Waals surface area contributed by atoms with Gasteiger partial charge in [-0.3, -0.25) is 0 Å². The van der Waals surface area contributed by atoms with E-state index in [1.54, 1.807) is 7.11 Å². The molecule has 2 aliphatic heterocycles. The Balaban J connectivity index is 1.56. The Kier molecular flexibility index (Phi) is 6.56. The number of urea groups is 1. The summed E-state index contributed by atoms with van der Waals surface area (Å²) in [6.45, 7) is 4.87. The minimum Gasteiger partial charge on any atom is -0.497 e. The fraction of sp³-hybridized carbons (Fsp3) is 0.650. The summed E-state index contributed by atoms with van der Waals surface area (Å²) in [6, 6.07) is 8.32. The average molecular weight is 345 g/mol. The van der Waals surface area contributed by atoms with E-state index in [1.165, 1.54) is 38.8 Å². The van der Waals surface area contributed by atoms with Crippen molar-refractivity contribution >= 4 is 6.03 Å². The maximum Gasteiger partial charge on any atom is 0.317 e. The van der Waals surface area contributed by atoms with Gasteiger partial charge in [0.05, 0.1) is 7.11 Å². The molecule has 1 N–H and O–H groups in total. The Morgan fingerprint density at radius 2 is 1.80 bits per heavy atom. The topological polar surface area (TPSA) is 44.8 Å². The van der Waals surface area contributed by atoms with Crippen LogP contribution < -0.4 is 10.1 Å². The highest BCUT2D eigenvalue weighted by Gasteiger charge is 2.27. The number of hydrogen-bond acceptors (Lipinski definition) is 3. The van der Waals surface area contributed by atoms with Gasteiger partial charge in [-0.15, -0.1) is 0 Å². The van der Waals surface area contributed by atoms with Gasteiger partial charge in [-0.1, -0.05) is 25.0 Å². The van der Waals surface area contributed by atoms with Crippen LogP contribution in [-0.2, 0) is 6.54 Å². The molecule has 0 aromatic heterocycles. The number of likely N-dealkylation sites (tertiary alicyclic amines) is 2. The van der Waals surface area contributed by atoms with Crippen molar-refractivity contribution in [2.45, 2.75) is 51.1 Å². The highest BCUT2D eigenvalue weighted by molar-refractivity contribution is 5.74. The van der Waals surface area contributed by atoms with Gasteiger partial charge >= 0.3 is 6.03 Å². The third kappa shape index (κ3) is 5.11. The Hall–Kier alpha value is -1.75. The van der Waals surface area contributed by atoms with Gasteiger partial charge < -0.3 is 19.9 Å². The zero-order valence-corrected chi connectivity index (χ0v) is 15.4. The van der Waals surface area contributed by atoms with Gasteiger partial charge in [0.25, 0.3) is 0 Å². The summed E-state index contributed by atoms with van der Waals surface area (Å²) in [5.41, 5.74) is 1.10. The first-order chi connectivity index (χ1) is 12.3. The highest BCUT2D eigenvalue weighted by Crippen LogP contribution is 2.20. The van der Waals surface area contributed by atoms with E-state index < -0.39 is 0 Å². The minimum atomic E-state index is 0.0851. The first kappa shape index (κ1) is 18.1. The van der Waals surface area contributed by atoms with E-state index in [2.05, 4.69) is 15.1 Å². The Labute approximate surface area is 151 Å². The van der Waals surface area contributed by atoms with Gasteiger partial charge in [0.2, 0.25) is 0 Å². The number of hydrogen-bond donors (Lipinski definition) is 1. The van der Waals surface area contributed by atoms with Crippen molar-refractivity contribution in [1.82, 2.24) is 15.1 Å². The number of carbonyl (C=O) groups excluding carboxylic acids is 1. The van der Waals surface area contributed by atoms with E-state index in [9.17, 15) is 4.79 Å². The van der Waals surface area contributed by atoms with Gasteiger partial charge in [-0.2, -0.15) is 0 Å². The molecule has 0 bridgehead atoms. The van der Waals surface area contributed by atoms with Crippen molar-refractivity contribution in [2.24, 2.45) is 0 Å². The SMILES string of the molecule is COc1ccc(CNC(=O)N2CCCCCC2CN2CCCC2)cc1. The lowest BCUT2D eigenvalue weighted by Gasteiger charge is -2.33. The number of amides is 2. The largest absolute Gasteiger partial charge is 0.497 e. The standard InChI is InChI=1S/C20H31N3O2/c1-25-19-10-8-17(9-11-19)15-21-20(24)23-14-4-2-3-7-18(23)16-22-12-5-6-13-22/h8-11,18H,2-7,12-16H2,1H3,(H,21,24). The normalized spacial score (nSPS) is 21.8. The van der Waals surface area contributed by atoms with E-state index in [1.807, 2.05) is 24.3 Å². The predicted octanol–water partition coefficient (Wildman–Crippen LogP) is 3.25. The van der Waals surface area contributed by atoms with Gasteiger partial charge in [0, 0.05) is 25.7 Å². The van der Waals surface area contributed by atoms with Crippen LogP contribution in [0, 0.1) is 0 Å². The number of methoxy groups -OCH3 is 1. The smallest absolute Gasteiger partial charge is 0.317 e. The number of rotatable bonds is 5. The second kappa shape index (κ2) is 9.09. The zero-order chi connectivity index (χ0) is 17.5. The molecule has 5 heteroatoms. The molecule has 0 saturated carbocycles. The summed E-state index contributed by atoms with van der Waals surface area (Å²) >= 11 is 0. The van der Waals surface area contributed by atoms with Crippen molar-refractivity contribution in [2.75, 3.05) is 33.3 Å². The van der Waals surface area contributed by atoms with Crippen molar-refractivity contribution < 1.29 is 9.53 Å². The third-order valence-corrected chi connectivity index (χ3v) is 5.41. The van der Waals surface area contributed by atoms with Crippen molar-refractivity contribution in [3.05, 3.63) is 29.8 Å². The lowest BCUT2D eigenvalue weighted by atomic mass is 10.1. The summed E-state index contributed by atoms with van der Waals surface area (Å²) in [5.74, 6) is 0.841. The summed E-state index contributed by atoms with van der Waals surface area (Å²) in [4.78, 5) is 17.4. The van der Waals surface area contributed by atoms with E-state index in [-0.39, 0.29) is 6.03 Å². The van der Waals surface area contributed by atoms with Crippen LogP contribution in [0.25, 0.3) is 0 Å². The molecule has 5 nitrogen and oxygen atoms in total. The molecule has 1 unspecified atom stereocenters.